The molecule has 0 bridgehead atoms. The van der Waals surface area contributed by atoms with Crippen LogP contribution in [-0.4, -0.2) is 61.6 Å². The first-order valence-corrected chi connectivity index (χ1v) is 24.2. The van der Waals surface area contributed by atoms with Gasteiger partial charge in [0.15, 0.2) is 22.6 Å². The van der Waals surface area contributed by atoms with Gasteiger partial charge in [0.1, 0.15) is 30.7 Å². The third kappa shape index (κ3) is 15.2. The number of aliphatic hydroxyl groups excluding tert-OH is 1. The Morgan fingerprint density at radius 2 is 1.50 bits per heavy atom. The average Bonchev–Trinajstić information content (AvgIpc) is 3.85. The second kappa shape index (κ2) is 25.7. The van der Waals surface area contributed by atoms with Crippen molar-refractivity contribution in [3.63, 3.8) is 0 Å². The molecular weight excluding hydrogens is 811 g/mol. The molecule has 0 radical (unpaired) electrons. The van der Waals surface area contributed by atoms with Gasteiger partial charge in [-0.15, -0.1) is 6.42 Å². The highest BCUT2D eigenvalue weighted by molar-refractivity contribution is 7.52. The molecule has 3 heterocycles. The molecule has 4 N–H and O–H groups in total. The van der Waals surface area contributed by atoms with Crippen LogP contribution in [0.4, 0.5) is 10.2 Å². The fourth-order valence-electron chi connectivity index (χ4n) is 7.74. The molecule has 1 unspecified atom stereocenters. The number of hydrogen-bond acceptors (Lipinski definition) is 11. The summed E-state index contributed by atoms with van der Waals surface area (Å²) in [6.45, 7) is 1.85. The molecule has 338 valence electrons. The standard InChI is InChI=1S/C47H66FN6O7P/c1-3-5-6-7-8-9-10-11-12-13-14-15-16-17-18-19-20-27-32-58-45(56)39(33-37-28-23-21-24-29-37)53-62(57,61-38-30-25-22-26-31-38)59-35-47(4-2)40(55)34-41(60-47)54-36-50-42-43(49)51-46(48)52-44(42)54/h2,21-26,28-31,36,39-41,55H,3,5-20,27,32-35H2,1H3,(H,53,57)(H2,49,51,52)/t39-,40-,41+,47+,62?/m0/s1. The molecule has 0 aliphatic carbocycles. The van der Waals surface area contributed by atoms with Crippen LogP contribution in [0.1, 0.15) is 141 Å². The van der Waals surface area contributed by atoms with Crippen molar-refractivity contribution in [1.82, 2.24) is 24.6 Å². The zero-order chi connectivity index (χ0) is 44.0. The monoisotopic (exact) mass is 876 g/mol. The van der Waals surface area contributed by atoms with Crippen molar-refractivity contribution < 1.29 is 37.4 Å². The first-order chi connectivity index (χ1) is 30.1. The lowest BCUT2D eigenvalue weighted by atomic mass is 9.99. The van der Waals surface area contributed by atoms with Crippen molar-refractivity contribution in [1.29, 1.82) is 0 Å². The molecule has 5 rings (SSSR count). The van der Waals surface area contributed by atoms with Crippen molar-refractivity contribution in [2.24, 2.45) is 0 Å². The zero-order valence-electron chi connectivity index (χ0n) is 36.3. The predicted molar refractivity (Wildman–Crippen MR) is 239 cm³/mol. The number of nitrogens with zero attached hydrogens (tertiary/aromatic N) is 4. The van der Waals surface area contributed by atoms with Crippen molar-refractivity contribution >= 4 is 30.7 Å². The first-order valence-electron chi connectivity index (χ1n) is 22.6. The van der Waals surface area contributed by atoms with E-state index in [1.54, 1.807) is 30.3 Å². The molecule has 13 nitrogen and oxygen atoms in total. The molecule has 2 aromatic heterocycles. The van der Waals surface area contributed by atoms with E-state index >= 15 is 0 Å². The number of halogens is 1. The van der Waals surface area contributed by atoms with Gasteiger partial charge in [-0.2, -0.15) is 19.4 Å². The maximum Gasteiger partial charge on any atom is 0.459 e. The predicted octanol–water partition coefficient (Wildman–Crippen LogP) is 10.2. The molecule has 1 saturated heterocycles. The Kier molecular flexibility index (Phi) is 20.1. The number of esters is 1. The van der Waals surface area contributed by atoms with Gasteiger partial charge in [0, 0.05) is 6.42 Å². The largest absolute Gasteiger partial charge is 0.465 e. The summed E-state index contributed by atoms with van der Waals surface area (Å²) in [6.07, 6.45) is 26.6. The second-order valence-electron chi connectivity index (χ2n) is 16.3. The number of unbranched alkanes of at least 4 members (excludes halogenated alkanes) is 17. The van der Waals surface area contributed by atoms with Crippen molar-refractivity contribution in [2.75, 3.05) is 18.9 Å². The van der Waals surface area contributed by atoms with Crippen LogP contribution in [0.25, 0.3) is 11.2 Å². The van der Waals surface area contributed by atoms with Crippen LogP contribution in [0.2, 0.25) is 0 Å². The van der Waals surface area contributed by atoms with Gasteiger partial charge in [-0.3, -0.25) is 13.9 Å². The molecule has 0 saturated carbocycles. The number of nitrogen functional groups attached to an aromatic ring is 1. The smallest absolute Gasteiger partial charge is 0.459 e. The minimum Gasteiger partial charge on any atom is -0.465 e. The number of nitrogens with two attached hydrogens (primary N) is 1. The van der Waals surface area contributed by atoms with E-state index in [-0.39, 0.29) is 42.2 Å². The van der Waals surface area contributed by atoms with E-state index in [0.29, 0.717) is 6.42 Å². The number of fused-ring (bicyclic) bond motifs is 1. The van der Waals surface area contributed by atoms with Crippen molar-refractivity contribution in [3.05, 3.63) is 78.6 Å². The minimum atomic E-state index is -4.48. The number of ether oxygens (including phenoxy) is 2. The van der Waals surface area contributed by atoms with E-state index in [2.05, 4.69) is 32.9 Å². The normalized spacial score (nSPS) is 18.9. The molecule has 0 spiro atoms. The van der Waals surface area contributed by atoms with Gasteiger partial charge in [0.2, 0.25) is 0 Å². The van der Waals surface area contributed by atoms with E-state index in [1.165, 1.54) is 101 Å². The number of aliphatic hydroxyl groups is 1. The molecule has 0 amide bonds. The maximum atomic E-state index is 14.8. The summed E-state index contributed by atoms with van der Waals surface area (Å²) in [5.41, 5.74) is 4.95. The van der Waals surface area contributed by atoms with E-state index in [4.69, 9.17) is 30.7 Å². The van der Waals surface area contributed by atoms with E-state index in [1.807, 2.05) is 30.3 Å². The lowest BCUT2D eigenvalue weighted by Gasteiger charge is -2.30. The molecule has 4 aromatic rings. The zero-order valence-corrected chi connectivity index (χ0v) is 37.2. The Labute approximate surface area is 366 Å². The molecule has 15 heteroatoms. The van der Waals surface area contributed by atoms with E-state index in [9.17, 15) is 18.9 Å². The topological polar surface area (TPSA) is 173 Å². The summed E-state index contributed by atoms with van der Waals surface area (Å²) in [4.78, 5) is 25.2. The number of carbonyl (C=O) groups excluding carboxylic acids is 1. The summed E-state index contributed by atoms with van der Waals surface area (Å²) >= 11 is 0. The van der Waals surface area contributed by atoms with Crippen LogP contribution in [0.3, 0.4) is 0 Å². The molecular formula is C47H66FN6O7P. The molecule has 1 aliphatic heterocycles. The Morgan fingerprint density at radius 1 is 0.935 bits per heavy atom. The highest BCUT2D eigenvalue weighted by Gasteiger charge is 2.50. The van der Waals surface area contributed by atoms with Gasteiger partial charge in [-0.25, -0.2) is 9.55 Å². The van der Waals surface area contributed by atoms with Crippen LogP contribution >= 0.6 is 7.75 Å². The van der Waals surface area contributed by atoms with Gasteiger partial charge >= 0.3 is 19.8 Å². The van der Waals surface area contributed by atoms with Gasteiger partial charge in [0.05, 0.1) is 12.9 Å². The Morgan fingerprint density at radius 3 is 2.08 bits per heavy atom. The lowest BCUT2D eigenvalue weighted by Crippen LogP contribution is -2.44. The number of imidazole rings is 1. The van der Waals surface area contributed by atoms with E-state index in [0.717, 1.165) is 24.8 Å². The average molecular weight is 877 g/mol. The number of nitrogens with one attached hydrogen (secondary N) is 1. The van der Waals surface area contributed by atoms with Crippen LogP contribution < -0.4 is 15.3 Å². The highest BCUT2D eigenvalue weighted by Crippen LogP contribution is 2.48. The first kappa shape index (κ1) is 48.6. The number of aromatic nitrogens is 4. The van der Waals surface area contributed by atoms with Crippen molar-refractivity contribution in [2.45, 2.75) is 159 Å². The maximum absolute atomic E-state index is 14.8. The fraction of sp³-hybridized carbons (Fsp3) is 0.574. The summed E-state index contributed by atoms with van der Waals surface area (Å²) in [5, 5.41) is 14.1. The quantitative estimate of drug-likeness (QED) is 0.0149. The number of hydrogen-bond donors (Lipinski definition) is 3. The van der Waals surface area contributed by atoms with Gasteiger partial charge in [0.25, 0.3) is 0 Å². The number of anilines is 1. The van der Waals surface area contributed by atoms with Crippen molar-refractivity contribution in [3.8, 4) is 18.1 Å². The highest BCUT2D eigenvalue weighted by atomic mass is 31.2. The summed E-state index contributed by atoms with van der Waals surface area (Å²) in [7, 11) is -4.48. The van der Waals surface area contributed by atoms with Crippen LogP contribution in [0.5, 0.6) is 5.75 Å². The Balaban J connectivity index is 1.12. The number of rotatable bonds is 30. The number of terminal acetylenes is 1. The molecule has 5 atom stereocenters. The van der Waals surface area contributed by atoms with Crippen LogP contribution in [0, 0.1) is 18.4 Å². The molecule has 62 heavy (non-hydrogen) atoms. The minimum absolute atomic E-state index is 0.0352. The fourth-order valence-corrected chi connectivity index (χ4v) is 9.25. The van der Waals surface area contributed by atoms with Gasteiger partial charge in [-0.1, -0.05) is 171 Å². The van der Waals surface area contributed by atoms with Gasteiger partial charge < -0.3 is 24.8 Å². The molecule has 1 aliphatic rings. The molecule has 1 fully saturated rings. The number of carbonyl (C=O) groups is 1. The second-order valence-corrected chi connectivity index (χ2v) is 18.0. The van der Waals surface area contributed by atoms with Gasteiger partial charge in [-0.05, 0) is 30.5 Å². The summed E-state index contributed by atoms with van der Waals surface area (Å²) < 4.78 is 54.2. The summed E-state index contributed by atoms with van der Waals surface area (Å²) in [5.74, 6) is 1.87. The number of para-hydroxylation sites is 1. The SMILES string of the molecule is C#C[C@]1(COP(=O)(N[C@@H](Cc2ccccc2)C(=O)OCCCCCCCCCCCCCCCCCCCC)Oc2ccccc2)O[C@@H](n2cnc3c(N)nc(F)nc32)C[C@@H]1O. The van der Waals surface area contributed by atoms with Crippen LogP contribution in [0.15, 0.2) is 67.0 Å². The third-order valence-electron chi connectivity index (χ3n) is 11.3. The lowest BCUT2D eigenvalue weighted by molar-refractivity contribution is -0.146. The Bertz CT molecular complexity index is 2020. The summed E-state index contributed by atoms with van der Waals surface area (Å²) in [6, 6.07) is 16.4. The molecule has 2 aromatic carbocycles. The number of benzene rings is 2. The Hall–Kier alpha value is -4.38. The van der Waals surface area contributed by atoms with E-state index < -0.39 is 50.4 Å². The van der Waals surface area contributed by atoms with Crippen LogP contribution in [-0.2, 0) is 29.8 Å². The third-order valence-corrected chi connectivity index (χ3v) is 12.9.